The molecule has 0 aliphatic heterocycles. The van der Waals surface area contributed by atoms with Gasteiger partial charge in [-0.2, -0.15) is 0 Å². The summed E-state index contributed by atoms with van der Waals surface area (Å²) in [5.41, 5.74) is 1.71. The number of benzene rings is 4. The van der Waals surface area contributed by atoms with Crippen LogP contribution < -0.4 is 0 Å². The normalized spacial score (nSPS) is 20.9. The van der Waals surface area contributed by atoms with Crippen molar-refractivity contribution in [2.45, 2.75) is 11.8 Å². The van der Waals surface area contributed by atoms with Crippen molar-refractivity contribution >= 4 is 11.6 Å². The summed E-state index contributed by atoms with van der Waals surface area (Å²) in [7, 11) is 0. The second kappa shape index (κ2) is 9.23. The van der Waals surface area contributed by atoms with Crippen LogP contribution in [0.3, 0.4) is 0 Å². The van der Waals surface area contributed by atoms with E-state index in [4.69, 9.17) is 0 Å². The van der Waals surface area contributed by atoms with Gasteiger partial charge in [-0.1, -0.05) is 60.7 Å². The SMILES string of the molecule is O=C(c1ccc(O)cc1O)C1C(c2ccccc2)C(C(=O)c2ccc(O)cc2O)C1c1ccccc1. The van der Waals surface area contributed by atoms with Gasteiger partial charge in [0.25, 0.3) is 0 Å². The molecule has 4 aromatic carbocycles. The number of aromatic hydroxyl groups is 4. The van der Waals surface area contributed by atoms with E-state index in [1.165, 1.54) is 24.3 Å². The minimum Gasteiger partial charge on any atom is -0.508 e. The van der Waals surface area contributed by atoms with Gasteiger partial charge in [0, 0.05) is 35.8 Å². The number of phenolic OH excluding ortho intramolecular Hbond substituents is 4. The smallest absolute Gasteiger partial charge is 0.170 e. The zero-order valence-electron chi connectivity index (χ0n) is 19.2. The van der Waals surface area contributed by atoms with Crippen LogP contribution in [0.5, 0.6) is 23.0 Å². The number of hydrogen-bond acceptors (Lipinski definition) is 6. The standard InChI is InChI=1S/C30H24O6/c31-19-11-13-21(23(33)15-19)29(35)27-25(17-7-3-1-4-8-17)28(26(27)18-9-5-2-6-10-18)30(36)22-14-12-20(32)16-24(22)34/h1-16,25-28,31-34H. The molecule has 0 spiro atoms. The first-order chi connectivity index (χ1) is 17.4. The molecular formula is C30H24O6. The summed E-state index contributed by atoms with van der Waals surface area (Å²) < 4.78 is 0. The summed E-state index contributed by atoms with van der Waals surface area (Å²) in [6, 6.07) is 26.2. The highest BCUT2D eigenvalue weighted by Gasteiger charge is 2.58. The quantitative estimate of drug-likeness (QED) is 0.275. The molecule has 0 bridgehead atoms. The summed E-state index contributed by atoms with van der Waals surface area (Å²) >= 11 is 0. The summed E-state index contributed by atoms with van der Waals surface area (Å²) in [6.45, 7) is 0. The van der Waals surface area contributed by atoms with Crippen molar-refractivity contribution in [3.63, 3.8) is 0 Å². The van der Waals surface area contributed by atoms with Gasteiger partial charge in [0.05, 0.1) is 11.1 Å². The third kappa shape index (κ3) is 3.96. The summed E-state index contributed by atoms with van der Waals surface area (Å²) in [6.07, 6.45) is 0. The number of phenols is 4. The maximum Gasteiger partial charge on any atom is 0.170 e. The van der Waals surface area contributed by atoms with Crippen LogP contribution in [0.1, 0.15) is 43.7 Å². The monoisotopic (exact) mass is 480 g/mol. The second-order valence-electron chi connectivity index (χ2n) is 9.06. The van der Waals surface area contributed by atoms with Gasteiger partial charge in [-0.3, -0.25) is 9.59 Å². The van der Waals surface area contributed by atoms with Gasteiger partial charge in [-0.15, -0.1) is 0 Å². The van der Waals surface area contributed by atoms with Crippen molar-refractivity contribution in [1.29, 1.82) is 0 Å². The van der Waals surface area contributed by atoms with Crippen LogP contribution in [0.15, 0.2) is 97.1 Å². The molecule has 180 valence electrons. The minimum absolute atomic E-state index is 0.0676. The van der Waals surface area contributed by atoms with Crippen LogP contribution in [0.2, 0.25) is 0 Å². The topological polar surface area (TPSA) is 115 Å². The lowest BCUT2D eigenvalue weighted by Gasteiger charge is -2.51. The molecule has 1 saturated carbocycles. The summed E-state index contributed by atoms with van der Waals surface area (Å²) in [4.78, 5) is 27.8. The van der Waals surface area contributed by atoms with Gasteiger partial charge in [-0.05, 0) is 35.4 Å². The molecule has 6 heteroatoms. The molecule has 0 atom stereocenters. The van der Waals surface area contributed by atoms with Crippen LogP contribution in [-0.4, -0.2) is 32.0 Å². The van der Waals surface area contributed by atoms with Crippen LogP contribution in [0, 0.1) is 11.8 Å². The third-order valence-electron chi connectivity index (χ3n) is 7.02. The summed E-state index contributed by atoms with van der Waals surface area (Å²) in [5.74, 6) is -4.08. The van der Waals surface area contributed by atoms with E-state index in [1.807, 2.05) is 60.7 Å². The van der Waals surface area contributed by atoms with E-state index in [1.54, 1.807) is 0 Å². The highest BCUT2D eigenvalue weighted by atomic mass is 16.3. The Balaban J connectivity index is 1.66. The lowest BCUT2D eigenvalue weighted by atomic mass is 9.49. The van der Waals surface area contributed by atoms with Crippen molar-refractivity contribution in [1.82, 2.24) is 0 Å². The predicted molar refractivity (Wildman–Crippen MR) is 134 cm³/mol. The molecule has 4 N–H and O–H groups in total. The highest BCUT2D eigenvalue weighted by Crippen LogP contribution is 2.60. The lowest BCUT2D eigenvalue weighted by Crippen LogP contribution is -2.51. The van der Waals surface area contributed by atoms with E-state index in [9.17, 15) is 30.0 Å². The first kappa shape index (κ1) is 23.2. The molecule has 1 aliphatic rings. The Bertz CT molecular complexity index is 1310. The maximum absolute atomic E-state index is 13.9. The number of carbonyl (C=O) groups excluding carboxylic acids is 2. The van der Waals surface area contributed by atoms with Crippen LogP contribution in [0.25, 0.3) is 0 Å². The predicted octanol–water partition coefficient (Wildman–Crippen LogP) is 5.39. The first-order valence-electron chi connectivity index (χ1n) is 11.6. The number of carbonyl (C=O) groups is 2. The Morgan fingerprint density at radius 3 is 1.19 bits per heavy atom. The lowest BCUT2D eigenvalue weighted by molar-refractivity contribution is 0.0486. The van der Waals surface area contributed by atoms with Crippen molar-refractivity contribution in [3.05, 3.63) is 119 Å². The third-order valence-corrected chi connectivity index (χ3v) is 7.02. The van der Waals surface area contributed by atoms with Gasteiger partial charge in [0.2, 0.25) is 0 Å². The van der Waals surface area contributed by atoms with E-state index in [0.717, 1.165) is 23.3 Å². The molecule has 0 heterocycles. The molecule has 0 saturated heterocycles. The largest absolute Gasteiger partial charge is 0.508 e. The number of rotatable bonds is 6. The average molecular weight is 481 g/mol. The Morgan fingerprint density at radius 1 is 0.500 bits per heavy atom. The van der Waals surface area contributed by atoms with Crippen molar-refractivity contribution in [2.75, 3.05) is 0 Å². The maximum atomic E-state index is 13.9. The summed E-state index contributed by atoms with van der Waals surface area (Å²) in [5, 5.41) is 40.3. The fourth-order valence-corrected chi connectivity index (χ4v) is 5.40. The zero-order chi connectivity index (χ0) is 25.4. The molecule has 36 heavy (non-hydrogen) atoms. The van der Waals surface area contributed by atoms with Gasteiger partial charge in [0.1, 0.15) is 23.0 Å². The number of ketones is 2. The highest BCUT2D eigenvalue weighted by molar-refractivity contribution is 6.07. The van der Waals surface area contributed by atoms with Crippen molar-refractivity contribution in [2.24, 2.45) is 11.8 Å². The molecule has 0 aromatic heterocycles. The molecule has 0 amide bonds. The van der Waals surface area contributed by atoms with E-state index >= 15 is 0 Å². The fraction of sp³-hybridized carbons (Fsp3) is 0.133. The van der Waals surface area contributed by atoms with Crippen LogP contribution in [-0.2, 0) is 0 Å². The Kier molecular flexibility index (Phi) is 5.94. The van der Waals surface area contributed by atoms with Gasteiger partial charge in [-0.25, -0.2) is 0 Å². The average Bonchev–Trinajstić information content (AvgIpc) is 2.84. The number of Topliss-reactive ketones (excluding diaryl/α,β-unsaturated/α-hetero) is 2. The second-order valence-corrected chi connectivity index (χ2v) is 9.06. The van der Waals surface area contributed by atoms with Crippen molar-refractivity contribution < 1.29 is 30.0 Å². The first-order valence-corrected chi connectivity index (χ1v) is 11.6. The molecular weight excluding hydrogens is 456 g/mol. The van der Waals surface area contributed by atoms with Crippen LogP contribution in [0.4, 0.5) is 0 Å². The molecule has 1 fully saturated rings. The van der Waals surface area contributed by atoms with E-state index in [0.29, 0.717) is 0 Å². The van der Waals surface area contributed by atoms with Gasteiger partial charge in [0.15, 0.2) is 11.6 Å². The van der Waals surface area contributed by atoms with E-state index in [2.05, 4.69) is 0 Å². The van der Waals surface area contributed by atoms with E-state index < -0.39 is 23.7 Å². The minimum atomic E-state index is -0.682. The van der Waals surface area contributed by atoms with E-state index in [-0.39, 0.29) is 45.7 Å². The fourth-order valence-electron chi connectivity index (χ4n) is 5.40. The Labute approximate surface area is 207 Å². The molecule has 4 aromatic rings. The van der Waals surface area contributed by atoms with Crippen molar-refractivity contribution in [3.8, 4) is 23.0 Å². The molecule has 6 nitrogen and oxygen atoms in total. The Hall–Kier alpha value is -4.58. The van der Waals surface area contributed by atoms with Crippen LogP contribution >= 0.6 is 0 Å². The molecule has 0 radical (unpaired) electrons. The zero-order valence-corrected chi connectivity index (χ0v) is 19.2. The number of hydrogen-bond donors (Lipinski definition) is 4. The molecule has 5 rings (SSSR count). The Morgan fingerprint density at radius 2 is 0.861 bits per heavy atom. The molecule has 0 unspecified atom stereocenters. The van der Waals surface area contributed by atoms with Gasteiger partial charge < -0.3 is 20.4 Å². The molecule has 1 aliphatic carbocycles. The van der Waals surface area contributed by atoms with Gasteiger partial charge >= 0.3 is 0 Å².